The predicted molar refractivity (Wildman–Crippen MR) is 93.2 cm³/mol. The molecule has 0 atom stereocenters. The molecule has 23 heavy (non-hydrogen) atoms. The number of benzene rings is 1. The third-order valence-electron chi connectivity index (χ3n) is 3.31. The van der Waals surface area contributed by atoms with Crippen LogP contribution in [0.3, 0.4) is 0 Å². The Morgan fingerprint density at radius 1 is 1.13 bits per heavy atom. The van der Waals surface area contributed by atoms with E-state index in [4.69, 9.17) is 30.1 Å². The minimum Gasteiger partial charge on any atom is -0.496 e. The fourth-order valence-corrected chi connectivity index (χ4v) is 4.54. The van der Waals surface area contributed by atoms with Gasteiger partial charge in [-0.25, -0.2) is 0 Å². The summed E-state index contributed by atoms with van der Waals surface area (Å²) >= 11 is 6.48. The zero-order chi connectivity index (χ0) is 17.6. The Balaban J connectivity index is 3.40. The van der Waals surface area contributed by atoms with Gasteiger partial charge in [0, 0.05) is 5.56 Å². The molecule has 0 radical (unpaired) electrons. The Morgan fingerprint density at radius 3 is 2.09 bits per heavy atom. The molecule has 0 saturated heterocycles. The normalized spacial score (nSPS) is 11.8. The van der Waals surface area contributed by atoms with Gasteiger partial charge in [-0.1, -0.05) is 25.4 Å². The summed E-state index contributed by atoms with van der Waals surface area (Å²) < 4.78 is 34.4. The van der Waals surface area contributed by atoms with Crippen LogP contribution in [0.15, 0.2) is 6.07 Å². The van der Waals surface area contributed by atoms with Gasteiger partial charge in [0.25, 0.3) is 0 Å². The van der Waals surface area contributed by atoms with E-state index in [0.717, 1.165) is 5.56 Å². The van der Waals surface area contributed by atoms with Crippen LogP contribution in [-0.2, 0) is 19.8 Å². The van der Waals surface area contributed by atoms with Gasteiger partial charge in [-0.3, -0.25) is 4.57 Å². The minimum absolute atomic E-state index is 0.0681. The maximum absolute atomic E-state index is 12.8. The summed E-state index contributed by atoms with van der Waals surface area (Å²) in [6.07, 6.45) is 0.0681. The summed E-state index contributed by atoms with van der Waals surface area (Å²) in [7, 11) is -0.120. The highest BCUT2D eigenvalue weighted by atomic mass is 35.5. The lowest BCUT2D eigenvalue weighted by Gasteiger charge is -2.22. The monoisotopic (exact) mass is 364 g/mol. The molecule has 0 N–H and O–H groups in total. The molecule has 0 heterocycles. The second-order valence-electron chi connectivity index (χ2n) is 5.26. The predicted octanol–water partition coefficient (Wildman–Crippen LogP) is 5.25. The van der Waals surface area contributed by atoms with E-state index < -0.39 is 7.60 Å². The van der Waals surface area contributed by atoms with E-state index in [1.54, 1.807) is 34.1 Å². The molecule has 0 spiro atoms. The van der Waals surface area contributed by atoms with Gasteiger partial charge in [-0.05, 0) is 31.4 Å². The van der Waals surface area contributed by atoms with Crippen LogP contribution in [0, 0.1) is 0 Å². The van der Waals surface area contributed by atoms with Crippen LogP contribution in [0.1, 0.15) is 44.7 Å². The molecule has 0 aliphatic carbocycles. The van der Waals surface area contributed by atoms with Crippen LogP contribution in [0.4, 0.5) is 0 Å². The van der Waals surface area contributed by atoms with Crippen molar-refractivity contribution in [3.8, 4) is 11.5 Å². The molecule has 5 nitrogen and oxygen atoms in total. The molecular formula is C16H26ClO5P. The fraction of sp³-hybridized carbons (Fsp3) is 0.625. The summed E-state index contributed by atoms with van der Waals surface area (Å²) in [4.78, 5) is 0. The van der Waals surface area contributed by atoms with Gasteiger partial charge in [-0.15, -0.1) is 0 Å². The van der Waals surface area contributed by atoms with E-state index in [2.05, 4.69) is 0 Å². The Morgan fingerprint density at radius 2 is 1.70 bits per heavy atom. The fourth-order valence-electron chi connectivity index (χ4n) is 2.44. The van der Waals surface area contributed by atoms with Gasteiger partial charge < -0.3 is 18.5 Å². The summed E-state index contributed by atoms with van der Waals surface area (Å²) in [6.45, 7) is 8.20. The van der Waals surface area contributed by atoms with Crippen molar-refractivity contribution in [2.24, 2.45) is 0 Å². The van der Waals surface area contributed by atoms with Crippen molar-refractivity contribution in [3.05, 3.63) is 22.2 Å². The molecular weight excluding hydrogens is 339 g/mol. The van der Waals surface area contributed by atoms with E-state index in [1.165, 1.54) is 0 Å². The first kappa shape index (κ1) is 20.3. The van der Waals surface area contributed by atoms with Crippen LogP contribution < -0.4 is 9.47 Å². The summed E-state index contributed by atoms with van der Waals surface area (Å²) in [6, 6.07) is 1.78. The van der Waals surface area contributed by atoms with Crippen LogP contribution >= 0.6 is 19.2 Å². The highest BCUT2D eigenvalue weighted by molar-refractivity contribution is 7.53. The van der Waals surface area contributed by atoms with Crippen molar-refractivity contribution < 1.29 is 23.1 Å². The highest BCUT2D eigenvalue weighted by Crippen LogP contribution is 2.54. The number of methoxy groups -OCH3 is 2. The molecule has 0 bridgehead atoms. The van der Waals surface area contributed by atoms with Crippen LogP contribution in [0.2, 0.25) is 5.02 Å². The van der Waals surface area contributed by atoms with Gasteiger partial charge in [0.1, 0.15) is 11.5 Å². The zero-order valence-electron chi connectivity index (χ0n) is 14.6. The lowest BCUT2D eigenvalue weighted by atomic mass is 9.99. The Hall–Kier alpha value is -0.740. The zero-order valence-corrected chi connectivity index (χ0v) is 16.3. The molecule has 0 saturated carbocycles. The Kier molecular flexibility index (Phi) is 7.88. The quantitative estimate of drug-likeness (QED) is 0.560. The number of hydrogen-bond acceptors (Lipinski definition) is 5. The average Bonchev–Trinajstić information content (AvgIpc) is 2.48. The minimum atomic E-state index is -3.26. The van der Waals surface area contributed by atoms with Gasteiger partial charge >= 0.3 is 7.60 Å². The maximum atomic E-state index is 12.8. The van der Waals surface area contributed by atoms with E-state index in [0.29, 0.717) is 35.3 Å². The van der Waals surface area contributed by atoms with Crippen molar-refractivity contribution in [3.63, 3.8) is 0 Å². The topological polar surface area (TPSA) is 54.0 Å². The summed E-state index contributed by atoms with van der Waals surface area (Å²) in [5.74, 6) is 1.35. The number of halogens is 1. The van der Waals surface area contributed by atoms with Crippen LogP contribution in [0.25, 0.3) is 0 Å². The molecule has 1 aromatic carbocycles. The van der Waals surface area contributed by atoms with Crippen molar-refractivity contribution in [1.29, 1.82) is 0 Å². The smallest absolute Gasteiger partial charge is 0.335 e. The first-order valence-electron chi connectivity index (χ1n) is 7.64. The van der Waals surface area contributed by atoms with Crippen molar-refractivity contribution in [2.45, 2.75) is 39.8 Å². The average molecular weight is 365 g/mol. The first-order chi connectivity index (χ1) is 10.8. The van der Waals surface area contributed by atoms with E-state index >= 15 is 0 Å². The lowest BCUT2D eigenvalue weighted by molar-refractivity contribution is 0.219. The maximum Gasteiger partial charge on any atom is 0.335 e. The van der Waals surface area contributed by atoms with Crippen molar-refractivity contribution in [1.82, 2.24) is 0 Å². The van der Waals surface area contributed by atoms with Gasteiger partial charge in [-0.2, -0.15) is 0 Å². The summed E-state index contributed by atoms with van der Waals surface area (Å²) in [5, 5.41) is 0.414. The molecule has 0 aliphatic heterocycles. The first-order valence-corrected chi connectivity index (χ1v) is 9.75. The molecule has 132 valence electrons. The summed E-state index contributed by atoms with van der Waals surface area (Å²) in [5.41, 5.74) is 1.50. The molecule has 0 fully saturated rings. The molecule has 0 aromatic heterocycles. The molecule has 7 heteroatoms. The molecule has 1 rings (SSSR count). The lowest BCUT2D eigenvalue weighted by Crippen LogP contribution is -2.04. The molecule has 0 amide bonds. The van der Waals surface area contributed by atoms with E-state index in [9.17, 15) is 4.57 Å². The third kappa shape index (κ3) is 4.87. The Bertz CT molecular complexity index is 564. The van der Waals surface area contributed by atoms with E-state index in [-0.39, 0.29) is 12.1 Å². The van der Waals surface area contributed by atoms with Gasteiger partial charge in [0.2, 0.25) is 0 Å². The number of rotatable bonds is 9. The van der Waals surface area contributed by atoms with E-state index in [1.807, 2.05) is 13.8 Å². The number of ether oxygens (including phenoxy) is 2. The largest absolute Gasteiger partial charge is 0.496 e. The van der Waals surface area contributed by atoms with Crippen molar-refractivity contribution in [2.75, 3.05) is 27.4 Å². The molecule has 1 aromatic rings. The second kappa shape index (κ2) is 8.93. The highest BCUT2D eigenvalue weighted by Gasteiger charge is 2.29. The Labute approximate surface area is 143 Å². The molecule has 0 aliphatic rings. The van der Waals surface area contributed by atoms with Gasteiger partial charge in [0.05, 0.1) is 38.6 Å². The number of hydrogen-bond donors (Lipinski definition) is 0. The van der Waals surface area contributed by atoms with Crippen LogP contribution in [-0.4, -0.2) is 27.4 Å². The second-order valence-corrected chi connectivity index (χ2v) is 7.69. The SMILES string of the molecule is CCOP(=O)(Cc1cc(OC)c(C(C)C)c(OC)c1Cl)OCC. The standard InChI is InChI=1S/C16H26ClO5P/c1-7-21-23(18,22-8-2)10-12-9-13(19-5)14(11(3)4)16(20-6)15(12)17/h9,11H,7-8,10H2,1-6H3. The van der Waals surface area contributed by atoms with Crippen molar-refractivity contribution >= 4 is 19.2 Å². The van der Waals surface area contributed by atoms with Gasteiger partial charge in [0.15, 0.2) is 0 Å². The van der Waals surface area contributed by atoms with Crippen LogP contribution in [0.5, 0.6) is 11.5 Å². The molecule has 0 unspecified atom stereocenters. The third-order valence-corrected chi connectivity index (χ3v) is 5.76.